The first kappa shape index (κ1) is 18.3. The maximum Gasteiger partial charge on any atom is 0.240 e. The van der Waals surface area contributed by atoms with Gasteiger partial charge in [-0.3, -0.25) is 14.9 Å². The van der Waals surface area contributed by atoms with Crippen molar-refractivity contribution in [1.82, 2.24) is 15.1 Å². The monoisotopic (exact) mass is 362 g/mol. The number of nitriles is 1. The van der Waals surface area contributed by atoms with Crippen molar-refractivity contribution < 1.29 is 18.4 Å². The summed E-state index contributed by atoms with van der Waals surface area (Å²) in [7, 11) is 0. The zero-order chi connectivity index (χ0) is 18.7. The Kier molecular flexibility index (Phi) is 5.47. The van der Waals surface area contributed by atoms with Crippen LogP contribution < -0.4 is 5.32 Å². The van der Waals surface area contributed by atoms with Crippen LogP contribution in [-0.2, 0) is 16.1 Å². The van der Waals surface area contributed by atoms with Gasteiger partial charge in [-0.05, 0) is 24.1 Å². The minimum atomic E-state index is -1.18. The molecule has 2 aliphatic heterocycles. The Balaban J connectivity index is 1.50. The Morgan fingerprint density at radius 2 is 2.08 bits per heavy atom. The van der Waals surface area contributed by atoms with Crippen LogP contribution in [0.4, 0.5) is 8.78 Å². The van der Waals surface area contributed by atoms with E-state index in [9.17, 15) is 18.4 Å². The number of carbonyl (C=O) groups is 2. The number of halogens is 2. The Morgan fingerprint density at radius 3 is 2.77 bits per heavy atom. The summed E-state index contributed by atoms with van der Waals surface area (Å²) in [5, 5.41) is 11.9. The number of nitrogens with one attached hydrogen (secondary N) is 1. The Labute approximate surface area is 150 Å². The lowest BCUT2D eigenvalue weighted by Crippen LogP contribution is -2.46. The molecule has 138 valence electrons. The SMILES string of the molecule is N#C[C@@H]1C[C@H](F)CN1C(=O)CNC1CCN(Cc2ccc(F)cc2)C1=O. The van der Waals surface area contributed by atoms with E-state index in [2.05, 4.69) is 5.32 Å². The molecule has 2 amide bonds. The Hall–Kier alpha value is -2.53. The van der Waals surface area contributed by atoms with Gasteiger partial charge in [-0.2, -0.15) is 5.26 Å². The third-order valence-corrected chi connectivity index (χ3v) is 4.80. The molecule has 3 rings (SSSR count). The van der Waals surface area contributed by atoms with Crippen molar-refractivity contribution >= 4 is 11.8 Å². The summed E-state index contributed by atoms with van der Waals surface area (Å²) < 4.78 is 26.4. The van der Waals surface area contributed by atoms with E-state index in [1.54, 1.807) is 17.0 Å². The molecular formula is C18H20F2N4O2. The molecule has 1 aromatic carbocycles. The summed E-state index contributed by atoms with van der Waals surface area (Å²) >= 11 is 0. The minimum absolute atomic E-state index is 0.0377. The molecule has 0 saturated carbocycles. The van der Waals surface area contributed by atoms with Gasteiger partial charge in [-0.1, -0.05) is 12.1 Å². The lowest BCUT2D eigenvalue weighted by atomic mass is 10.2. The van der Waals surface area contributed by atoms with Gasteiger partial charge in [-0.25, -0.2) is 8.78 Å². The normalized spacial score (nSPS) is 25.6. The number of hydrogen-bond donors (Lipinski definition) is 1. The predicted octanol–water partition coefficient (Wildman–Crippen LogP) is 0.979. The second kappa shape index (κ2) is 7.79. The molecule has 1 unspecified atom stereocenters. The quantitative estimate of drug-likeness (QED) is 0.847. The van der Waals surface area contributed by atoms with E-state index in [0.717, 1.165) is 5.56 Å². The molecule has 1 N–H and O–H groups in total. The topological polar surface area (TPSA) is 76.4 Å². The van der Waals surface area contributed by atoms with Gasteiger partial charge in [0.2, 0.25) is 11.8 Å². The van der Waals surface area contributed by atoms with E-state index < -0.39 is 18.3 Å². The number of hydrogen-bond acceptors (Lipinski definition) is 4. The van der Waals surface area contributed by atoms with E-state index >= 15 is 0 Å². The third-order valence-electron chi connectivity index (χ3n) is 4.80. The van der Waals surface area contributed by atoms with Crippen LogP contribution in [0, 0.1) is 17.1 Å². The standard InChI is InChI=1S/C18H20F2N4O2/c19-13-3-1-12(2-4-13)10-23-6-5-16(18(23)26)22-9-17(25)24-11-14(20)7-15(24)8-21/h1-4,14-16,22H,5-7,9-11H2/t14-,15-,16?/m0/s1. The lowest BCUT2D eigenvalue weighted by molar-refractivity contribution is -0.131. The predicted molar refractivity (Wildman–Crippen MR) is 88.9 cm³/mol. The first-order chi connectivity index (χ1) is 12.5. The van der Waals surface area contributed by atoms with Gasteiger partial charge in [-0.15, -0.1) is 0 Å². The number of amides is 2. The molecule has 0 aromatic heterocycles. The lowest BCUT2D eigenvalue weighted by Gasteiger charge is -2.21. The van der Waals surface area contributed by atoms with Crippen LogP contribution in [0.25, 0.3) is 0 Å². The molecule has 1 aromatic rings. The third kappa shape index (κ3) is 3.99. The van der Waals surface area contributed by atoms with E-state index in [4.69, 9.17) is 5.26 Å². The van der Waals surface area contributed by atoms with Gasteiger partial charge in [0, 0.05) is 19.5 Å². The molecule has 0 bridgehead atoms. The van der Waals surface area contributed by atoms with Crippen molar-refractivity contribution in [2.24, 2.45) is 0 Å². The first-order valence-electron chi connectivity index (χ1n) is 8.57. The molecule has 2 saturated heterocycles. The van der Waals surface area contributed by atoms with Crippen LogP contribution in [0.5, 0.6) is 0 Å². The van der Waals surface area contributed by atoms with Crippen molar-refractivity contribution in [3.63, 3.8) is 0 Å². The van der Waals surface area contributed by atoms with Crippen LogP contribution in [0.15, 0.2) is 24.3 Å². The van der Waals surface area contributed by atoms with Gasteiger partial charge < -0.3 is 9.80 Å². The van der Waals surface area contributed by atoms with E-state index in [-0.39, 0.29) is 37.1 Å². The van der Waals surface area contributed by atoms with Crippen LogP contribution in [0.1, 0.15) is 18.4 Å². The molecule has 8 heteroatoms. The zero-order valence-corrected chi connectivity index (χ0v) is 14.2. The highest BCUT2D eigenvalue weighted by molar-refractivity contribution is 5.85. The van der Waals surface area contributed by atoms with Gasteiger partial charge in [0.25, 0.3) is 0 Å². The van der Waals surface area contributed by atoms with Crippen LogP contribution >= 0.6 is 0 Å². The fourth-order valence-electron chi connectivity index (χ4n) is 3.39. The number of carbonyl (C=O) groups excluding carboxylic acids is 2. The van der Waals surface area contributed by atoms with Crippen molar-refractivity contribution in [3.8, 4) is 6.07 Å². The summed E-state index contributed by atoms with van der Waals surface area (Å²) in [4.78, 5) is 27.5. The Bertz CT molecular complexity index is 719. The highest BCUT2D eigenvalue weighted by Crippen LogP contribution is 2.20. The largest absolute Gasteiger partial charge is 0.337 e. The second-order valence-electron chi connectivity index (χ2n) is 6.63. The molecule has 2 heterocycles. The smallest absolute Gasteiger partial charge is 0.240 e. The highest BCUT2D eigenvalue weighted by Gasteiger charge is 2.36. The minimum Gasteiger partial charge on any atom is -0.337 e. The van der Waals surface area contributed by atoms with Crippen LogP contribution in [-0.4, -0.2) is 59.5 Å². The van der Waals surface area contributed by atoms with Crippen molar-refractivity contribution in [1.29, 1.82) is 5.26 Å². The first-order valence-corrected chi connectivity index (χ1v) is 8.57. The summed E-state index contributed by atoms with van der Waals surface area (Å²) in [6.45, 7) is 0.746. The maximum absolute atomic E-state index is 13.4. The number of likely N-dealkylation sites (tertiary alicyclic amines) is 2. The molecule has 0 radical (unpaired) electrons. The van der Waals surface area contributed by atoms with Gasteiger partial charge in [0.1, 0.15) is 18.0 Å². The number of rotatable bonds is 5. The van der Waals surface area contributed by atoms with Crippen molar-refractivity contribution in [3.05, 3.63) is 35.6 Å². The molecule has 6 nitrogen and oxygen atoms in total. The van der Waals surface area contributed by atoms with E-state index in [0.29, 0.717) is 19.5 Å². The van der Waals surface area contributed by atoms with Gasteiger partial charge >= 0.3 is 0 Å². The second-order valence-corrected chi connectivity index (χ2v) is 6.63. The van der Waals surface area contributed by atoms with Crippen LogP contribution in [0.2, 0.25) is 0 Å². The average molecular weight is 362 g/mol. The fraction of sp³-hybridized carbons (Fsp3) is 0.500. The highest BCUT2D eigenvalue weighted by atomic mass is 19.1. The molecular weight excluding hydrogens is 342 g/mol. The van der Waals surface area contributed by atoms with Gasteiger partial charge in [0.05, 0.1) is 25.2 Å². The zero-order valence-electron chi connectivity index (χ0n) is 14.2. The summed E-state index contributed by atoms with van der Waals surface area (Å²) in [5.41, 5.74) is 0.833. The summed E-state index contributed by atoms with van der Waals surface area (Å²) in [5.74, 6) is -0.821. The summed E-state index contributed by atoms with van der Waals surface area (Å²) in [6.07, 6.45) is -0.584. The number of alkyl halides is 1. The fourth-order valence-corrected chi connectivity index (χ4v) is 3.39. The van der Waals surface area contributed by atoms with Crippen LogP contribution in [0.3, 0.4) is 0 Å². The molecule has 2 fully saturated rings. The van der Waals surface area contributed by atoms with E-state index in [1.165, 1.54) is 17.0 Å². The summed E-state index contributed by atoms with van der Waals surface area (Å²) in [6, 6.07) is 6.68. The van der Waals surface area contributed by atoms with Crippen molar-refractivity contribution in [2.75, 3.05) is 19.6 Å². The maximum atomic E-state index is 13.4. The molecule has 0 aliphatic carbocycles. The Morgan fingerprint density at radius 1 is 1.35 bits per heavy atom. The van der Waals surface area contributed by atoms with E-state index in [1.807, 2.05) is 6.07 Å². The molecule has 26 heavy (non-hydrogen) atoms. The number of nitrogens with zero attached hydrogens (tertiary/aromatic N) is 3. The van der Waals surface area contributed by atoms with Gasteiger partial charge in [0.15, 0.2) is 0 Å². The molecule has 0 spiro atoms. The molecule has 2 aliphatic rings. The number of benzene rings is 1. The molecule has 3 atom stereocenters. The average Bonchev–Trinajstić information content (AvgIpc) is 3.18. The van der Waals surface area contributed by atoms with Crippen molar-refractivity contribution in [2.45, 2.75) is 37.6 Å².